The van der Waals surface area contributed by atoms with Crippen molar-refractivity contribution in [2.45, 2.75) is 6.92 Å². The maximum absolute atomic E-state index is 13.8. The minimum atomic E-state index is -0.581. The monoisotopic (exact) mass is 363 g/mol. The summed E-state index contributed by atoms with van der Waals surface area (Å²) in [7, 11) is 0. The summed E-state index contributed by atoms with van der Waals surface area (Å²) in [6.07, 6.45) is 1.52. The Kier molecular flexibility index (Phi) is 4.25. The molecule has 0 aliphatic rings. The minimum absolute atomic E-state index is 0.0292. The summed E-state index contributed by atoms with van der Waals surface area (Å²) in [5.41, 5.74) is 1.97. The quantitative estimate of drug-likeness (QED) is 0.568. The van der Waals surface area contributed by atoms with Gasteiger partial charge in [0.2, 0.25) is 5.89 Å². The molecule has 1 amide bonds. The first kappa shape index (κ1) is 16.7. The highest BCUT2D eigenvalue weighted by atomic mass is 19.1. The van der Waals surface area contributed by atoms with Crippen LogP contribution in [0.5, 0.6) is 0 Å². The fourth-order valence-electron chi connectivity index (χ4n) is 2.66. The summed E-state index contributed by atoms with van der Waals surface area (Å²) in [4.78, 5) is 12.3. The Labute approximate surface area is 153 Å². The van der Waals surface area contributed by atoms with Gasteiger partial charge >= 0.3 is 0 Å². The first-order valence-electron chi connectivity index (χ1n) is 8.15. The topological polar surface area (TPSA) is 81.2 Å². The van der Waals surface area contributed by atoms with E-state index in [0.29, 0.717) is 17.0 Å². The third-order valence-corrected chi connectivity index (χ3v) is 3.86. The predicted molar refractivity (Wildman–Crippen MR) is 96.5 cm³/mol. The SMILES string of the molecule is Cc1cc(NC(=O)c2ccccc2F)cc(-c2nnc(-c3ccco3)o2)c1. The van der Waals surface area contributed by atoms with Gasteiger partial charge in [-0.1, -0.05) is 12.1 Å². The number of halogens is 1. The summed E-state index contributed by atoms with van der Waals surface area (Å²) >= 11 is 0. The molecule has 27 heavy (non-hydrogen) atoms. The van der Waals surface area contributed by atoms with Crippen molar-refractivity contribution in [2.24, 2.45) is 0 Å². The second-order valence-electron chi connectivity index (χ2n) is 5.91. The Morgan fingerprint density at radius 2 is 1.85 bits per heavy atom. The van der Waals surface area contributed by atoms with E-state index in [1.54, 1.807) is 30.3 Å². The summed E-state index contributed by atoms with van der Waals surface area (Å²) in [5.74, 6) is -0.108. The average molecular weight is 363 g/mol. The molecular weight excluding hydrogens is 349 g/mol. The van der Waals surface area contributed by atoms with Gasteiger partial charge in [0, 0.05) is 11.3 Å². The second kappa shape index (κ2) is 6.87. The molecule has 2 aromatic heterocycles. The van der Waals surface area contributed by atoms with Crippen LogP contribution in [-0.4, -0.2) is 16.1 Å². The number of anilines is 1. The van der Waals surface area contributed by atoms with Crippen molar-refractivity contribution in [3.63, 3.8) is 0 Å². The van der Waals surface area contributed by atoms with E-state index in [1.165, 1.54) is 24.5 Å². The van der Waals surface area contributed by atoms with Gasteiger partial charge in [-0.25, -0.2) is 4.39 Å². The number of furan rings is 1. The van der Waals surface area contributed by atoms with Crippen LogP contribution in [0, 0.1) is 12.7 Å². The lowest BCUT2D eigenvalue weighted by molar-refractivity contribution is 0.102. The van der Waals surface area contributed by atoms with Crippen LogP contribution >= 0.6 is 0 Å². The Morgan fingerprint density at radius 1 is 1.04 bits per heavy atom. The number of hydrogen-bond acceptors (Lipinski definition) is 5. The summed E-state index contributed by atoms with van der Waals surface area (Å²) in [6.45, 7) is 1.87. The number of nitrogens with one attached hydrogen (secondary N) is 1. The Morgan fingerprint density at radius 3 is 2.63 bits per heavy atom. The van der Waals surface area contributed by atoms with Gasteiger partial charge < -0.3 is 14.2 Å². The number of benzene rings is 2. The Bertz CT molecular complexity index is 1100. The van der Waals surface area contributed by atoms with Crippen LogP contribution in [0.2, 0.25) is 0 Å². The molecule has 134 valence electrons. The fraction of sp³-hybridized carbons (Fsp3) is 0.0500. The molecule has 0 fully saturated rings. The van der Waals surface area contributed by atoms with Crippen LogP contribution in [0.4, 0.5) is 10.1 Å². The number of hydrogen-bond donors (Lipinski definition) is 1. The first-order valence-corrected chi connectivity index (χ1v) is 8.15. The number of aromatic nitrogens is 2. The van der Waals surface area contributed by atoms with E-state index in [0.717, 1.165) is 5.56 Å². The molecule has 0 atom stereocenters. The average Bonchev–Trinajstić information content (AvgIpc) is 3.33. The predicted octanol–water partition coefficient (Wildman–Crippen LogP) is 4.70. The molecule has 0 aliphatic carbocycles. The van der Waals surface area contributed by atoms with Gasteiger partial charge in [-0.15, -0.1) is 10.2 Å². The van der Waals surface area contributed by atoms with Crippen LogP contribution in [0.1, 0.15) is 15.9 Å². The van der Waals surface area contributed by atoms with E-state index in [2.05, 4.69) is 15.5 Å². The Hall–Kier alpha value is -3.74. The van der Waals surface area contributed by atoms with Crippen LogP contribution < -0.4 is 5.32 Å². The largest absolute Gasteiger partial charge is 0.459 e. The molecule has 0 unspecified atom stereocenters. The molecular formula is C20H14FN3O3. The lowest BCUT2D eigenvalue weighted by atomic mass is 10.1. The normalized spacial score (nSPS) is 10.7. The summed E-state index contributed by atoms with van der Waals surface area (Å²) in [6, 6.07) is 14.5. The standard InChI is InChI=1S/C20H14FN3O3/c1-12-9-13(19-23-24-20(27-19)17-7-4-8-26-17)11-14(10-12)22-18(25)15-5-2-3-6-16(15)21/h2-11H,1H3,(H,22,25). The molecule has 2 aromatic carbocycles. The van der Waals surface area contributed by atoms with Crippen LogP contribution in [-0.2, 0) is 0 Å². The highest BCUT2D eigenvalue weighted by molar-refractivity contribution is 6.04. The van der Waals surface area contributed by atoms with Gasteiger partial charge in [-0.2, -0.15) is 0 Å². The molecule has 0 aliphatic heterocycles. The molecule has 0 bridgehead atoms. The van der Waals surface area contributed by atoms with Crippen LogP contribution in [0.15, 0.2) is 69.7 Å². The fourth-order valence-corrected chi connectivity index (χ4v) is 2.66. The molecule has 4 aromatic rings. The van der Waals surface area contributed by atoms with Gasteiger partial charge in [-0.3, -0.25) is 4.79 Å². The third-order valence-electron chi connectivity index (χ3n) is 3.86. The van der Waals surface area contributed by atoms with Crippen molar-refractivity contribution in [1.29, 1.82) is 0 Å². The zero-order valence-electron chi connectivity index (χ0n) is 14.3. The van der Waals surface area contributed by atoms with Crippen molar-refractivity contribution in [1.82, 2.24) is 10.2 Å². The highest BCUT2D eigenvalue weighted by Crippen LogP contribution is 2.27. The van der Waals surface area contributed by atoms with E-state index in [9.17, 15) is 9.18 Å². The van der Waals surface area contributed by atoms with Gasteiger partial charge in [0.15, 0.2) is 5.76 Å². The Balaban J connectivity index is 1.62. The second-order valence-corrected chi connectivity index (χ2v) is 5.91. The zero-order chi connectivity index (χ0) is 18.8. The number of amides is 1. The minimum Gasteiger partial charge on any atom is -0.459 e. The number of aryl methyl sites for hydroxylation is 1. The van der Waals surface area contributed by atoms with E-state index >= 15 is 0 Å². The number of carbonyl (C=O) groups excluding carboxylic acids is 1. The smallest absolute Gasteiger partial charge is 0.283 e. The number of nitrogens with zero attached hydrogens (tertiary/aromatic N) is 2. The zero-order valence-corrected chi connectivity index (χ0v) is 14.3. The molecule has 0 spiro atoms. The van der Waals surface area contributed by atoms with Crippen molar-refractivity contribution >= 4 is 11.6 Å². The number of rotatable bonds is 4. The molecule has 0 saturated carbocycles. The van der Waals surface area contributed by atoms with E-state index in [-0.39, 0.29) is 17.3 Å². The lowest BCUT2D eigenvalue weighted by Crippen LogP contribution is -2.13. The van der Waals surface area contributed by atoms with Crippen LogP contribution in [0.3, 0.4) is 0 Å². The van der Waals surface area contributed by atoms with E-state index in [4.69, 9.17) is 8.83 Å². The van der Waals surface area contributed by atoms with Gasteiger partial charge in [-0.05, 0) is 55.0 Å². The number of carbonyl (C=O) groups is 1. The van der Waals surface area contributed by atoms with E-state index in [1.807, 2.05) is 13.0 Å². The van der Waals surface area contributed by atoms with Crippen LogP contribution in [0.25, 0.3) is 23.1 Å². The maximum atomic E-state index is 13.8. The molecule has 0 radical (unpaired) electrons. The maximum Gasteiger partial charge on any atom is 0.283 e. The molecule has 6 nitrogen and oxygen atoms in total. The van der Waals surface area contributed by atoms with Gasteiger partial charge in [0.05, 0.1) is 11.8 Å². The van der Waals surface area contributed by atoms with Crippen molar-refractivity contribution in [2.75, 3.05) is 5.32 Å². The highest BCUT2D eigenvalue weighted by Gasteiger charge is 2.15. The van der Waals surface area contributed by atoms with E-state index < -0.39 is 11.7 Å². The van der Waals surface area contributed by atoms with Crippen molar-refractivity contribution < 1.29 is 18.0 Å². The molecule has 4 rings (SSSR count). The molecule has 1 N–H and O–H groups in total. The van der Waals surface area contributed by atoms with Gasteiger partial charge in [0.25, 0.3) is 11.8 Å². The summed E-state index contributed by atoms with van der Waals surface area (Å²) in [5, 5.41) is 10.7. The molecule has 0 saturated heterocycles. The third kappa shape index (κ3) is 3.48. The first-order chi connectivity index (χ1) is 13.1. The summed E-state index contributed by atoms with van der Waals surface area (Å²) < 4.78 is 24.7. The van der Waals surface area contributed by atoms with Crippen molar-refractivity contribution in [3.05, 3.63) is 77.8 Å². The van der Waals surface area contributed by atoms with Gasteiger partial charge in [0.1, 0.15) is 5.82 Å². The molecule has 2 heterocycles. The molecule has 7 heteroatoms. The van der Waals surface area contributed by atoms with Crippen molar-refractivity contribution in [3.8, 4) is 23.1 Å². The lowest BCUT2D eigenvalue weighted by Gasteiger charge is -2.08.